The van der Waals surface area contributed by atoms with Crippen molar-refractivity contribution in [3.63, 3.8) is 0 Å². The zero-order chi connectivity index (χ0) is 35.3. The van der Waals surface area contributed by atoms with Crippen LogP contribution in [-0.2, 0) is 28.6 Å². The molecule has 7 nitrogen and oxygen atoms in total. The summed E-state index contributed by atoms with van der Waals surface area (Å²) in [6.07, 6.45) is 34.6. The second-order valence-corrected chi connectivity index (χ2v) is 13.6. The average Bonchev–Trinajstić information content (AvgIpc) is 3.05. The Morgan fingerprint density at radius 2 is 0.896 bits per heavy atom. The molecule has 0 rings (SSSR count). The molecule has 7 heteroatoms. The molecule has 48 heavy (non-hydrogen) atoms. The normalized spacial score (nSPS) is 11.7. The maximum Gasteiger partial charge on any atom is 0.306 e. The lowest BCUT2D eigenvalue weighted by molar-refractivity contribution is -0.150. The monoisotopic (exact) mass is 678 g/mol. The molecule has 0 atom stereocenters. The molecular weight excluding hydrogens is 602 g/mol. The Balaban J connectivity index is 4.23. The Kier molecular flexibility index (Phi) is 34.5. The van der Waals surface area contributed by atoms with Gasteiger partial charge in [0.15, 0.2) is 0 Å². The van der Waals surface area contributed by atoms with Crippen molar-refractivity contribution in [2.45, 2.75) is 187 Å². The molecule has 0 aliphatic carbocycles. The average molecular weight is 678 g/mol. The zero-order valence-corrected chi connectivity index (χ0v) is 31.8. The van der Waals surface area contributed by atoms with Gasteiger partial charge in [0.1, 0.15) is 19.3 Å². The molecule has 0 spiro atoms. The number of nitrogens with zero attached hydrogens (tertiary/aromatic N) is 1. The van der Waals surface area contributed by atoms with Gasteiger partial charge in [-0.25, -0.2) is 0 Å². The number of carbonyl (C=O) groups excluding carboxylic acids is 3. The van der Waals surface area contributed by atoms with Crippen LogP contribution in [0.25, 0.3) is 0 Å². The van der Waals surface area contributed by atoms with E-state index in [1.54, 1.807) is 0 Å². The van der Waals surface area contributed by atoms with Crippen molar-refractivity contribution in [1.29, 1.82) is 0 Å². The van der Waals surface area contributed by atoms with E-state index in [1.165, 1.54) is 103 Å². The van der Waals surface area contributed by atoms with Crippen LogP contribution in [0, 0.1) is 0 Å². The predicted molar refractivity (Wildman–Crippen MR) is 200 cm³/mol. The highest BCUT2D eigenvalue weighted by Crippen LogP contribution is 2.16. The van der Waals surface area contributed by atoms with Crippen molar-refractivity contribution in [1.82, 2.24) is 4.90 Å². The van der Waals surface area contributed by atoms with Crippen LogP contribution in [0.5, 0.6) is 0 Å². The predicted octanol–water partition coefficient (Wildman–Crippen LogP) is 10.8. The van der Waals surface area contributed by atoms with Gasteiger partial charge in [-0.05, 0) is 78.4 Å². The lowest BCUT2D eigenvalue weighted by Crippen LogP contribution is -2.21. The third kappa shape index (κ3) is 35.2. The molecule has 0 aromatic heterocycles. The number of carbonyl (C=O) groups is 3. The third-order valence-corrected chi connectivity index (χ3v) is 8.56. The van der Waals surface area contributed by atoms with Crippen LogP contribution in [-0.4, -0.2) is 62.8 Å². The highest BCUT2D eigenvalue weighted by molar-refractivity contribution is 5.70. The largest absolute Gasteiger partial charge is 0.462 e. The van der Waals surface area contributed by atoms with E-state index >= 15 is 0 Å². The number of unbranched alkanes of at least 4 members (excludes halogenated alkanes) is 16. The topological polar surface area (TPSA) is 82.1 Å². The van der Waals surface area contributed by atoms with Crippen molar-refractivity contribution in [3.8, 4) is 0 Å². The second-order valence-electron chi connectivity index (χ2n) is 13.6. The van der Waals surface area contributed by atoms with E-state index in [9.17, 15) is 14.4 Å². The van der Waals surface area contributed by atoms with Crippen LogP contribution in [0.2, 0.25) is 0 Å². The fourth-order valence-electron chi connectivity index (χ4n) is 5.59. The maximum atomic E-state index is 12.5. The van der Waals surface area contributed by atoms with E-state index in [-0.39, 0.29) is 36.9 Å². The van der Waals surface area contributed by atoms with Gasteiger partial charge in [-0.3, -0.25) is 14.4 Å². The summed E-state index contributed by atoms with van der Waals surface area (Å²) in [4.78, 5) is 39.0. The summed E-state index contributed by atoms with van der Waals surface area (Å²) in [5, 5.41) is 0. The fraction of sp³-hybridized carbons (Fsp3) is 0.829. The number of hydrogen-bond acceptors (Lipinski definition) is 7. The van der Waals surface area contributed by atoms with Crippen molar-refractivity contribution < 1.29 is 28.6 Å². The van der Waals surface area contributed by atoms with Crippen LogP contribution < -0.4 is 0 Å². The van der Waals surface area contributed by atoms with E-state index in [1.807, 2.05) is 31.1 Å². The SMILES string of the molecule is CCCCCCCCCC/C=C\COC(=O)CCCC(CCCC(=O)OC/C=C\CCCCCCCCCC)OC(=O)CCCN(C)C. The van der Waals surface area contributed by atoms with Crippen molar-refractivity contribution >= 4 is 17.9 Å². The van der Waals surface area contributed by atoms with Crippen molar-refractivity contribution in [3.05, 3.63) is 24.3 Å². The van der Waals surface area contributed by atoms with Gasteiger partial charge >= 0.3 is 17.9 Å². The van der Waals surface area contributed by atoms with Crippen molar-refractivity contribution in [2.24, 2.45) is 0 Å². The quantitative estimate of drug-likeness (QED) is 0.0286. The highest BCUT2D eigenvalue weighted by Gasteiger charge is 2.16. The summed E-state index contributed by atoms with van der Waals surface area (Å²) in [6.45, 7) is 5.92. The molecule has 0 saturated heterocycles. The summed E-state index contributed by atoms with van der Waals surface area (Å²) in [5.74, 6) is -0.695. The van der Waals surface area contributed by atoms with E-state index in [0.29, 0.717) is 45.3 Å². The van der Waals surface area contributed by atoms with E-state index in [4.69, 9.17) is 14.2 Å². The standard InChI is InChI=1S/C41H75NO6/c1-5-7-9-11-13-15-17-19-21-23-25-36-46-39(43)32-27-30-38(48-41(45)34-29-35-42(3)4)31-28-33-40(44)47-37-26-24-22-20-18-16-14-12-10-8-6-2/h23-26,38H,5-22,27-37H2,1-4H3/b25-23-,26-24-. The van der Waals surface area contributed by atoms with Gasteiger partial charge < -0.3 is 19.1 Å². The summed E-state index contributed by atoms with van der Waals surface area (Å²) >= 11 is 0. The van der Waals surface area contributed by atoms with E-state index < -0.39 is 0 Å². The molecule has 280 valence electrons. The second kappa shape index (κ2) is 36.1. The van der Waals surface area contributed by atoms with Gasteiger partial charge in [0, 0.05) is 19.3 Å². The summed E-state index contributed by atoms with van der Waals surface area (Å²) in [5.41, 5.74) is 0. The molecule has 0 heterocycles. The molecule has 0 unspecified atom stereocenters. The van der Waals surface area contributed by atoms with Crippen LogP contribution >= 0.6 is 0 Å². The summed E-state index contributed by atoms with van der Waals surface area (Å²) in [6, 6.07) is 0. The number of rotatable bonds is 35. The van der Waals surface area contributed by atoms with Gasteiger partial charge in [-0.15, -0.1) is 0 Å². The first-order valence-electron chi connectivity index (χ1n) is 19.8. The lowest BCUT2D eigenvalue weighted by Gasteiger charge is -2.18. The molecule has 0 aromatic carbocycles. The van der Waals surface area contributed by atoms with Crippen LogP contribution in [0.15, 0.2) is 24.3 Å². The molecule has 0 aromatic rings. The summed E-state index contributed by atoms with van der Waals surface area (Å²) < 4.78 is 16.5. The highest BCUT2D eigenvalue weighted by atomic mass is 16.5. The van der Waals surface area contributed by atoms with Crippen molar-refractivity contribution in [2.75, 3.05) is 33.9 Å². The first-order chi connectivity index (χ1) is 23.4. The Bertz CT molecular complexity index is 757. The Hall–Kier alpha value is -2.15. The minimum atomic E-state index is -0.324. The van der Waals surface area contributed by atoms with Gasteiger partial charge in [0.2, 0.25) is 0 Å². The van der Waals surface area contributed by atoms with Gasteiger partial charge in [-0.1, -0.05) is 128 Å². The van der Waals surface area contributed by atoms with Crippen LogP contribution in [0.3, 0.4) is 0 Å². The molecule has 0 saturated carbocycles. The van der Waals surface area contributed by atoms with Crippen LogP contribution in [0.4, 0.5) is 0 Å². The van der Waals surface area contributed by atoms with Crippen LogP contribution in [0.1, 0.15) is 181 Å². The first kappa shape index (κ1) is 45.9. The smallest absolute Gasteiger partial charge is 0.306 e. The van der Waals surface area contributed by atoms with Gasteiger partial charge in [0.25, 0.3) is 0 Å². The molecule has 0 bridgehead atoms. The van der Waals surface area contributed by atoms with Gasteiger partial charge in [-0.2, -0.15) is 0 Å². The first-order valence-corrected chi connectivity index (χ1v) is 19.8. The molecule has 0 amide bonds. The summed E-state index contributed by atoms with van der Waals surface area (Å²) in [7, 11) is 3.96. The van der Waals surface area contributed by atoms with Gasteiger partial charge in [0.05, 0.1) is 0 Å². The minimum absolute atomic E-state index is 0.227. The minimum Gasteiger partial charge on any atom is -0.462 e. The third-order valence-electron chi connectivity index (χ3n) is 8.56. The van der Waals surface area contributed by atoms with E-state index in [0.717, 1.165) is 25.8 Å². The lowest BCUT2D eigenvalue weighted by atomic mass is 10.1. The molecule has 0 fully saturated rings. The van der Waals surface area contributed by atoms with E-state index in [2.05, 4.69) is 26.0 Å². The number of esters is 3. The zero-order valence-electron chi connectivity index (χ0n) is 31.8. The fourth-order valence-corrected chi connectivity index (χ4v) is 5.59. The Labute approximate surface area is 296 Å². The Morgan fingerprint density at radius 3 is 1.31 bits per heavy atom. The molecule has 0 radical (unpaired) electrons. The number of allylic oxidation sites excluding steroid dienone is 2. The molecule has 0 N–H and O–H groups in total. The molecular formula is C41H75NO6. The number of hydrogen-bond donors (Lipinski definition) is 0. The molecule has 0 aliphatic rings. The maximum absolute atomic E-state index is 12.5. The molecule has 0 aliphatic heterocycles. The Morgan fingerprint density at radius 1 is 0.500 bits per heavy atom. The number of ether oxygens (including phenoxy) is 3.